The van der Waals surface area contributed by atoms with Gasteiger partial charge >= 0.3 is 11.9 Å². The molecule has 0 radical (unpaired) electrons. The predicted molar refractivity (Wildman–Crippen MR) is 265 cm³/mol. The van der Waals surface area contributed by atoms with Gasteiger partial charge in [0.15, 0.2) is 0 Å². The van der Waals surface area contributed by atoms with Gasteiger partial charge in [-0.2, -0.15) is 0 Å². The van der Waals surface area contributed by atoms with Crippen molar-refractivity contribution in [3.8, 4) is 11.5 Å². The normalized spacial score (nSPS) is 19.4. The molecule has 2 saturated heterocycles. The molecule has 8 nitrogen and oxygen atoms in total. The minimum atomic E-state index is -0.223. The van der Waals surface area contributed by atoms with Crippen molar-refractivity contribution in [2.24, 2.45) is 0 Å². The van der Waals surface area contributed by atoms with E-state index in [-0.39, 0.29) is 55.8 Å². The number of carbonyl (C=O) groups is 2. The third-order valence-electron chi connectivity index (χ3n) is 14.0. The van der Waals surface area contributed by atoms with E-state index in [9.17, 15) is 19.8 Å². The third-order valence-corrected chi connectivity index (χ3v) is 14.0. The van der Waals surface area contributed by atoms with Crippen molar-refractivity contribution in [3.05, 3.63) is 68.8 Å². The number of phenols is 2. The van der Waals surface area contributed by atoms with Crippen LogP contribution in [0, 0.1) is 0 Å². The number of nitrogens with zero attached hydrogens (tertiary/aromatic N) is 2. The average Bonchev–Trinajstić information content (AvgIpc) is 3.10. The van der Waals surface area contributed by atoms with Gasteiger partial charge in [0.1, 0.15) is 24.7 Å². The van der Waals surface area contributed by atoms with Crippen LogP contribution in [0.3, 0.4) is 0 Å². The standard InChI is InChI=1S/C56H90N2O6/c1-49(2,3)41-29-37(30-42(47(41)61)50(4,5)6)21-23-45(59)63-27-25-57-53(13,14)33-39(34-54(57,15)16)40-35-55(17,18)58(56(19,20)36-40)26-28-64-46(60)24-22-38-31-43(51(7,8)9)48(62)44(32-38)52(10,11)12/h29-32,61-62H,21-28,33-36H2,1-20H3. The van der Waals surface area contributed by atoms with Gasteiger partial charge in [-0.1, -0.05) is 118 Å². The Kier molecular flexibility index (Phi) is 15.6. The first-order valence-electron chi connectivity index (χ1n) is 24.2. The molecule has 2 aliphatic heterocycles. The average molecular weight is 887 g/mol. The zero-order valence-electron chi connectivity index (χ0n) is 44.2. The molecular formula is C56H90N2O6. The maximum atomic E-state index is 13.2. The van der Waals surface area contributed by atoms with Crippen LogP contribution in [0.4, 0.5) is 0 Å². The molecule has 0 bridgehead atoms. The van der Waals surface area contributed by atoms with Crippen molar-refractivity contribution >= 4 is 11.9 Å². The lowest BCUT2D eigenvalue weighted by molar-refractivity contribution is -0.146. The third kappa shape index (κ3) is 13.0. The Morgan fingerprint density at radius 3 is 0.938 bits per heavy atom. The Morgan fingerprint density at radius 2 is 0.719 bits per heavy atom. The monoisotopic (exact) mass is 887 g/mol. The SMILES string of the molecule is CC(C)(C)c1cc(CCC(=O)OCCN2C(C)(C)CC(=C3CC(C)(C)N(CCOC(=O)CCc4cc(C(C)(C)C)c(O)c(C(C)(C)C)c4)C(C)(C)C3)CC2(C)C)cc(C(C)(C)C)c1O. The van der Waals surface area contributed by atoms with E-state index in [0.29, 0.717) is 63.5 Å². The summed E-state index contributed by atoms with van der Waals surface area (Å²) in [5, 5.41) is 22.3. The number of ether oxygens (including phenoxy) is 2. The Bertz CT molecular complexity index is 1780. The maximum Gasteiger partial charge on any atom is 0.306 e. The molecule has 2 aliphatic rings. The lowest BCUT2D eigenvalue weighted by Crippen LogP contribution is -2.62. The van der Waals surface area contributed by atoms with Gasteiger partial charge in [-0.15, -0.1) is 0 Å². The number of rotatable bonds is 12. The zero-order chi connectivity index (χ0) is 48.8. The van der Waals surface area contributed by atoms with E-state index >= 15 is 0 Å². The van der Waals surface area contributed by atoms with Crippen molar-refractivity contribution in [2.75, 3.05) is 26.3 Å². The largest absolute Gasteiger partial charge is 0.507 e. The number of aryl methyl sites for hydroxylation is 2. The zero-order valence-corrected chi connectivity index (χ0v) is 44.2. The van der Waals surface area contributed by atoms with Crippen LogP contribution in [0.15, 0.2) is 35.4 Å². The van der Waals surface area contributed by atoms with E-state index in [4.69, 9.17) is 9.47 Å². The fourth-order valence-electron chi connectivity index (χ4n) is 11.0. The number of aromatic hydroxyl groups is 2. The summed E-state index contributed by atoms with van der Waals surface area (Å²) in [6.07, 6.45) is 5.58. The molecule has 8 heteroatoms. The summed E-state index contributed by atoms with van der Waals surface area (Å²) in [5.41, 5.74) is 7.43. The van der Waals surface area contributed by atoms with E-state index in [2.05, 4.69) is 173 Å². The molecule has 64 heavy (non-hydrogen) atoms. The first-order chi connectivity index (χ1) is 28.9. The van der Waals surface area contributed by atoms with E-state index < -0.39 is 0 Å². The number of likely N-dealkylation sites (tertiary alicyclic amines) is 2. The molecule has 0 amide bonds. The Balaban J connectivity index is 1.35. The summed E-state index contributed by atoms with van der Waals surface area (Å²) in [6.45, 7) is 46.0. The fraction of sp³-hybridized carbons (Fsp3) is 0.714. The van der Waals surface area contributed by atoms with Crippen LogP contribution in [-0.4, -0.2) is 80.4 Å². The molecule has 0 unspecified atom stereocenters. The smallest absolute Gasteiger partial charge is 0.306 e. The van der Waals surface area contributed by atoms with Gasteiger partial charge in [0.2, 0.25) is 0 Å². The van der Waals surface area contributed by atoms with Gasteiger partial charge in [0.05, 0.1) is 0 Å². The highest BCUT2D eigenvalue weighted by atomic mass is 16.5. The van der Waals surface area contributed by atoms with Crippen LogP contribution in [0.2, 0.25) is 0 Å². The van der Waals surface area contributed by atoms with Gasteiger partial charge in [-0.3, -0.25) is 19.4 Å². The maximum absolute atomic E-state index is 13.2. The minimum Gasteiger partial charge on any atom is -0.507 e. The molecule has 0 atom stereocenters. The molecule has 2 heterocycles. The van der Waals surface area contributed by atoms with E-state index in [1.807, 2.05) is 0 Å². The lowest BCUT2D eigenvalue weighted by Gasteiger charge is -2.57. The van der Waals surface area contributed by atoms with Gasteiger partial charge in [0.25, 0.3) is 0 Å². The number of piperidine rings is 2. The first kappa shape index (κ1) is 53.3. The highest BCUT2D eigenvalue weighted by Crippen LogP contribution is 2.49. The highest BCUT2D eigenvalue weighted by Gasteiger charge is 2.48. The Hall–Kier alpha value is -3.36. The second kappa shape index (κ2) is 18.7. The van der Waals surface area contributed by atoms with Gasteiger partial charge in [-0.25, -0.2) is 0 Å². The molecule has 2 aromatic rings. The van der Waals surface area contributed by atoms with Crippen LogP contribution < -0.4 is 0 Å². The van der Waals surface area contributed by atoms with Crippen LogP contribution in [0.25, 0.3) is 0 Å². The van der Waals surface area contributed by atoms with Gasteiger partial charge in [-0.05, 0) is 149 Å². The lowest BCUT2D eigenvalue weighted by atomic mass is 9.69. The Morgan fingerprint density at radius 1 is 0.484 bits per heavy atom. The topological polar surface area (TPSA) is 99.5 Å². The quantitative estimate of drug-likeness (QED) is 0.161. The summed E-state index contributed by atoms with van der Waals surface area (Å²) in [5.74, 6) is 0.328. The number of hydrogen-bond acceptors (Lipinski definition) is 8. The predicted octanol–water partition coefficient (Wildman–Crippen LogP) is 12.5. The van der Waals surface area contributed by atoms with E-state index in [1.54, 1.807) is 11.1 Å². The second-order valence-corrected chi connectivity index (χ2v) is 26.0. The number of carbonyl (C=O) groups excluding carboxylic acids is 2. The summed E-state index contributed by atoms with van der Waals surface area (Å²) in [7, 11) is 0. The first-order valence-corrected chi connectivity index (χ1v) is 24.2. The van der Waals surface area contributed by atoms with Crippen LogP contribution in [0.1, 0.15) is 210 Å². The van der Waals surface area contributed by atoms with E-state index in [1.165, 1.54) is 0 Å². The summed E-state index contributed by atoms with van der Waals surface area (Å²) >= 11 is 0. The summed E-state index contributed by atoms with van der Waals surface area (Å²) in [6, 6.07) is 8.22. The number of hydrogen-bond donors (Lipinski definition) is 2. The molecule has 2 fully saturated rings. The highest BCUT2D eigenvalue weighted by molar-refractivity contribution is 5.70. The van der Waals surface area contributed by atoms with Crippen molar-refractivity contribution < 1.29 is 29.3 Å². The molecule has 2 aromatic carbocycles. The molecular weight excluding hydrogens is 797 g/mol. The van der Waals surface area contributed by atoms with Crippen molar-refractivity contribution in [2.45, 2.75) is 234 Å². The molecule has 4 rings (SSSR count). The summed E-state index contributed by atoms with van der Waals surface area (Å²) in [4.78, 5) is 31.4. The molecule has 0 saturated carbocycles. The van der Waals surface area contributed by atoms with Crippen molar-refractivity contribution in [1.29, 1.82) is 0 Å². The molecule has 360 valence electrons. The number of benzene rings is 2. The van der Waals surface area contributed by atoms with Crippen molar-refractivity contribution in [1.82, 2.24) is 9.80 Å². The van der Waals surface area contributed by atoms with Crippen molar-refractivity contribution in [3.63, 3.8) is 0 Å². The fourth-order valence-corrected chi connectivity index (χ4v) is 11.0. The van der Waals surface area contributed by atoms with Gasteiger partial charge in [0, 0.05) is 48.1 Å². The minimum absolute atomic E-state index is 0.127. The van der Waals surface area contributed by atoms with Crippen LogP contribution >= 0.6 is 0 Å². The Labute approximate surface area is 390 Å². The molecule has 0 aliphatic carbocycles. The summed E-state index contributed by atoms with van der Waals surface area (Å²) < 4.78 is 11.8. The van der Waals surface area contributed by atoms with Crippen LogP contribution in [0.5, 0.6) is 11.5 Å². The number of esters is 2. The van der Waals surface area contributed by atoms with Gasteiger partial charge < -0.3 is 19.7 Å². The number of phenolic OH excluding ortho intramolecular Hbond substituents is 2. The van der Waals surface area contributed by atoms with Crippen LogP contribution in [-0.2, 0) is 53.6 Å². The van der Waals surface area contributed by atoms with E-state index in [0.717, 1.165) is 59.1 Å². The second-order valence-electron chi connectivity index (χ2n) is 26.0. The molecule has 0 spiro atoms. The molecule has 2 N–H and O–H groups in total. The molecule has 0 aromatic heterocycles.